The van der Waals surface area contributed by atoms with Gasteiger partial charge in [0.1, 0.15) is 12.6 Å². The fraction of sp³-hybridized carbons (Fsp3) is 0.438. The van der Waals surface area contributed by atoms with Crippen molar-refractivity contribution in [3.63, 3.8) is 0 Å². The number of aromatic nitrogens is 2. The van der Waals surface area contributed by atoms with Crippen molar-refractivity contribution in [2.75, 3.05) is 0 Å². The quantitative estimate of drug-likeness (QED) is 0.832. The molecule has 9 heteroatoms. The SMILES string of the molecule is CC(C)CC(NC(=O)Cn1c(C(F)(F)F)nc2ccccc21)C(=O)O. The van der Waals surface area contributed by atoms with Crippen LogP contribution < -0.4 is 5.32 Å². The van der Waals surface area contributed by atoms with Gasteiger partial charge in [0.2, 0.25) is 11.7 Å². The summed E-state index contributed by atoms with van der Waals surface area (Å²) in [6, 6.07) is 4.77. The van der Waals surface area contributed by atoms with Crippen molar-refractivity contribution in [1.29, 1.82) is 0 Å². The molecule has 1 heterocycles. The molecule has 0 aliphatic rings. The summed E-state index contributed by atoms with van der Waals surface area (Å²) >= 11 is 0. The van der Waals surface area contributed by atoms with E-state index in [9.17, 15) is 22.8 Å². The van der Waals surface area contributed by atoms with Crippen molar-refractivity contribution in [1.82, 2.24) is 14.9 Å². The van der Waals surface area contributed by atoms with Gasteiger partial charge in [-0.3, -0.25) is 4.79 Å². The van der Waals surface area contributed by atoms with Gasteiger partial charge in [0.05, 0.1) is 11.0 Å². The van der Waals surface area contributed by atoms with Crippen LogP contribution in [0, 0.1) is 5.92 Å². The zero-order chi connectivity index (χ0) is 18.8. The number of para-hydroxylation sites is 2. The van der Waals surface area contributed by atoms with Crippen LogP contribution in [0.1, 0.15) is 26.1 Å². The molecule has 136 valence electrons. The predicted octanol–water partition coefficient (Wildman–Crippen LogP) is 2.67. The Morgan fingerprint density at radius 1 is 1.28 bits per heavy atom. The Labute approximate surface area is 141 Å². The van der Waals surface area contributed by atoms with Crippen LogP contribution in [0.2, 0.25) is 0 Å². The van der Waals surface area contributed by atoms with Gasteiger partial charge in [0.25, 0.3) is 0 Å². The number of nitrogens with zero attached hydrogens (tertiary/aromatic N) is 2. The van der Waals surface area contributed by atoms with Crippen LogP contribution >= 0.6 is 0 Å². The predicted molar refractivity (Wildman–Crippen MR) is 83.8 cm³/mol. The number of hydrogen-bond acceptors (Lipinski definition) is 3. The van der Waals surface area contributed by atoms with Gasteiger partial charge in [0, 0.05) is 0 Å². The second-order valence-corrected chi connectivity index (χ2v) is 6.10. The zero-order valence-electron chi connectivity index (χ0n) is 13.7. The van der Waals surface area contributed by atoms with Gasteiger partial charge >= 0.3 is 12.1 Å². The average Bonchev–Trinajstić information content (AvgIpc) is 2.85. The fourth-order valence-corrected chi connectivity index (χ4v) is 2.53. The number of rotatable bonds is 6. The topological polar surface area (TPSA) is 84.2 Å². The molecule has 1 unspecified atom stereocenters. The van der Waals surface area contributed by atoms with E-state index in [-0.39, 0.29) is 23.4 Å². The molecule has 0 aliphatic carbocycles. The summed E-state index contributed by atoms with van der Waals surface area (Å²) in [5, 5.41) is 11.4. The minimum absolute atomic E-state index is 0.00112. The smallest absolute Gasteiger partial charge is 0.449 e. The number of imidazole rings is 1. The Hall–Kier alpha value is -2.58. The van der Waals surface area contributed by atoms with E-state index in [2.05, 4.69) is 10.3 Å². The van der Waals surface area contributed by atoms with Gasteiger partial charge in [-0.1, -0.05) is 26.0 Å². The summed E-state index contributed by atoms with van der Waals surface area (Å²) < 4.78 is 40.3. The molecule has 1 aromatic heterocycles. The molecule has 25 heavy (non-hydrogen) atoms. The number of carboxylic acid groups (broad SMARTS) is 1. The van der Waals surface area contributed by atoms with Crippen LogP contribution in [-0.2, 0) is 22.3 Å². The molecule has 0 fully saturated rings. The Morgan fingerprint density at radius 2 is 1.92 bits per heavy atom. The number of carboxylic acids is 1. The number of amides is 1. The number of benzene rings is 1. The monoisotopic (exact) mass is 357 g/mol. The highest BCUT2D eigenvalue weighted by Gasteiger charge is 2.38. The van der Waals surface area contributed by atoms with Crippen LogP contribution in [0.5, 0.6) is 0 Å². The maximum absolute atomic E-state index is 13.2. The van der Waals surface area contributed by atoms with E-state index >= 15 is 0 Å². The Morgan fingerprint density at radius 3 is 2.48 bits per heavy atom. The van der Waals surface area contributed by atoms with Crippen LogP contribution in [0.4, 0.5) is 13.2 Å². The molecule has 0 bridgehead atoms. The third kappa shape index (κ3) is 4.49. The number of aliphatic carboxylic acids is 1. The second kappa shape index (κ2) is 7.12. The first-order chi connectivity index (χ1) is 11.6. The van der Waals surface area contributed by atoms with Crippen molar-refractivity contribution >= 4 is 22.9 Å². The molecule has 2 N–H and O–H groups in total. The third-order valence-corrected chi connectivity index (χ3v) is 3.55. The number of carbonyl (C=O) groups excluding carboxylic acids is 1. The lowest BCUT2D eigenvalue weighted by molar-refractivity contribution is -0.148. The summed E-state index contributed by atoms with van der Waals surface area (Å²) in [6.45, 7) is 2.90. The molecule has 0 spiro atoms. The van der Waals surface area contributed by atoms with E-state index in [1.807, 2.05) is 0 Å². The normalized spacial score (nSPS) is 13.2. The summed E-state index contributed by atoms with van der Waals surface area (Å²) in [5.41, 5.74) is 0.264. The van der Waals surface area contributed by atoms with E-state index in [0.29, 0.717) is 0 Å². The number of alkyl halides is 3. The van der Waals surface area contributed by atoms with Crippen LogP contribution in [-0.4, -0.2) is 32.6 Å². The average molecular weight is 357 g/mol. The van der Waals surface area contributed by atoms with Crippen molar-refractivity contribution in [3.05, 3.63) is 30.1 Å². The standard InChI is InChI=1S/C16H18F3N3O3/c1-9(2)7-11(14(24)25)20-13(23)8-22-12-6-4-3-5-10(12)21-15(22)16(17,18)19/h3-6,9,11H,7-8H2,1-2H3,(H,20,23)(H,24,25). The molecule has 6 nitrogen and oxygen atoms in total. The molecule has 0 aliphatic heterocycles. The zero-order valence-corrected chi connectivity index (χ0v) is 13.7. The summed E-state index contributed by atoms with van der Waals surface area (Å²) in [4.78, 5) is 26.9. The van der Waals surface area contributed by atoms with Crippen molar-refractivity contribution in [2.24, 2.45) is 5.92 Å². The summed E-state index contributed by atoms with van der Waals surface area (Å²) in [7, 11) is 0. The second-order valence-electron chi connectivity index (χ2n) is 6.10. The first-order valence-corrected chi connectivity index (χ1v) is 7.64. The first kappa shape index (κ1) is 18.8. The summed E-state index contributed by atoms with van der Waals surface area (Å²) in [6.07, 6.45) is -4.55. The maximum atomic E-state index is 13.2. The van der Waals surface area contributed by atoms with Gasteiger partial charge in [-0.05, 0) is 24.5 Å². The fourth-order valence-electron chi connectivity index (χ4n) is 2.53. The minimum Gasteiger partial charge on any atom is -0.480 e. The largest absolute Gasteiger partial charge is 0.480 e. The van der Waals surface area contributed by atoms with Crippen molar-refractivity contribution < 1.29 is 27.9 Å². The Balaban J connectivity index is 2.29. The Bertz CT molecular complexity index is 784. The van der Waals surface area contributed by atoms with E-state index in [1.165, 1.54) is 18.2 Å². The molecule has 1 atom stereocenters. The van der Waals surface area contributed by atoms with Gasteiger partial charge < -0.3 is 15.0 Å². The van der Waals surface area contributed by atoms with E-state index < -0.39 is 36.5 Å². The molecule has 2 aromatic rings. The van der Waals surface area contributed by atoms with Crippen LogP contribution in [0.15, 0.2) is 24.3 Å². The molecule has 1 aromatic carbocycles. The number of carbonyl (C=O) groups is 2. The van der Waals surface area contributed by atoms with Gasteiger partial charge in [-0.25, -0.2) is 9.78 Å². The van der Waals surface area contributed by atoms with E-state index in [0.717, 1.165) is 4.57 Å². The lowest BCUT2D eigenvalue weighted by Gasteiger charge is -2.17. The minimum atomic E-state index is -4.73. The van der Waals surface area contributed by atoms with Crippen molar-refractivity contribution in [3.8, 4) is 0 Å². The highest BCUT2D eigenvalue weighted by molar-refractivity contribution is 5.85. The van der Waals surface area contributed by atoms with Crippen LogP contribution in [0.3, 0.4) is 0 Å². The molecular weight excluding hydrogens is 339 g/mol. The lowest BCUT2D eigenvalue weighted by Crippen LogP contribution is -2.43. The highest BCUT2D eigenvalue weighted by Crippen LogP contribution is 2.31. The molecular formula is C16H18F3N3O3. The molecule has 2 rings (SSSR count). The molecule has 0 saturated carbocycles. The third-order valence-electron chi connectivity index (χ3n) is 3.55. The number of hydrogen-bond donors (Lipinski definition) is 2. The summed E-state index contributed by atoms with van der Waals surface area (Å²) in [5.74, 6) is -3.24. The van der Waals surface area contributed by atoms with Crippen molar-refractivity contribution in [2.45, 2.75) is 39.0 Å². The lowest BCUT2D eigenvalue weighted by atomic mass is 10.0. The molecule has 0 saturated heterocycles. The molecule has 0 radical (unpaired) electrons. The first-order valence-electron chi connectivity index (χ1n) is 7.64. The maximum Gasteiger partial charge on any atom is 0.449 e. The Kier molecular flexibility index (Phi) is 5.34. The number of nitrogens with one attached hydrogen (secondary N) is 1. The van der Waals surface area contributed by atoms with E-state index in [4.69, 9.17) is 5.11 Å². The molecule has 1 amide bonds. The number of halogens is 3. The highest BCUT2D eigenvalue weighted by atomic mass is 19.4. The van der Waals surface area contributed by atoms with Gasteiger partial charge in [-0.2, -0.15) is 13.2 Å². The van der Waals surface area contributed by atoms with E-state index in [1.54, 1.807) is 19.9 Å². The number of fused-ring (bicyclic) bond motifs is 1. The van der Waals surface area contributed by atoms with Crippen LogP contribution in [0.25, 0.3) is 11.0 Å². The van der Waals surface area contributed by atoms with Gasteiger partial charge in [0.15, 0.2) is 0 Å². The van der Waals surface area contributed by atoms with Gasteiger partial charge in [-0.15, -0.1) is 0 Å².